The predicted octanol–water partition coefficient (Wildman–Crippen LogP) is 6.79. The molecule has 0 aliphatic carbocycles. The molecule has 1 atom stereocenters. The van der Waals surface area contributed by atoms with Crippen molar-refractivity contribution < 1.29 is 23.8 Å². The van der Waals surface area contributed by atoms with Gasteiger partial charge in [0, 0.05) is 5.02 Å². The number of carbonyl (C=O) groups excluding carboxylic acids is 2. The molecule has 194 valence electrons. The first kappa shape index (κ1) is 27.2. The Morgan fingerprint density at radius 3 is 2.47 bits per heavy atom. The Hall–Kier alpha value is -3.88. The van der Waals surface area contributed by atoms with Crippen LogP contribution in [0, 0.1) is 0 Å². The fourth-order valence-corrected chi connectivity index (χ4v) is 4.33. The number of hydrogen-bond donors (Lipinski definition) is 1. The maximum atomic E-state index is 12.7. The molecule has 7 nitrogen and oxygen atoms in total. The predicted molar refractivity (Wildman–Crippen MR) is 151 cm³/mol. The van der Waals surface area contributed by atoms with Crippen molar-refractivity contribution in [2.24, 2.45) is 5.10 Å². The lowest BCUT2D eigenvalue weighted by Gasteiger charge is -2.17. The summed E-state index contributed by atoms with van der Waals surface area (Å²) in [5.41, 5.74) is 3.50. The molecule has 0 bridgehead atoms. The molecule has 0 heterocycles. The molecule has 0 spiro atoms. The molecule has 4 aromatic rings. The Morgan fingerprint density at radius 2 is 1.74 bits per heavy atom. The smallest absolute Gasteiger partial charge is 0.343 e. The van der Waals surface area contributed by atoms with Crippen LogP contribution in [-0.2, 0) is 4.79 Å². The van der Waals surface area contributed by atoms with Crippen molar-refractivity contribution in [1.29, 1.82) is 0 Å². The molecule has 4 rings (SSSR count). The molecule has 1 amide bonds. The lowest BCUT2D eigenvalue weighted by atomic mass is 10.1. The SMILES string of the molecule is CC[C@H](Oc1ccc2ccccc2c1Br)C(=O)N/N=C\c1ccc(OC(=O)c2ccc(Cl)cc2)c(OC)c1. The number of rotatable bonds is 9. The van der Waals surface area contributed by atoms with Crippen molar-refractivity contribution >= 4 is 56.4 Å². The van der Waals surface area contributed by atoms with Gasteiger partial charge in [-0.05, 0) is 87.2 Å². The van der Waals surface area contributed by atoms with Crippen molar-refractivity contribution in [2.45, 2.75) is 19.4 Å². The van der Waals surface area contributed by atoms with Gasteiger partial charge in [0.25, 0.3) is 5.91 Å². The zero-order chi connectivity index (χ0) is 27.1. The molecule has 9 heteroatoms. The standard InChI is InChI=1S/C29H24BrClN2O5/c1-3-23(37-25-15-11-19-6-4-5-7-22(19)27(25)30)28(34)33-32-17-18-8-14-24(26(16-18)36-2)38-29(35)20-9-12-21(31)13-10-20/h4-17,23H,3H2,1-2H3,(H,33,34)/b32-17-/t23-/m0/s1. The summed E-state index contributed by atoms with van der Waals surface area (Å²) in [6.45, 7) is 1.86. The summed E-state index contributed by atoms with van der Waals surface area (Å²) < 4.78 is 17.6. The zero-order valence-electron chi connectivity index (χ0n) is 20.6. The number of hydrogen-bond acceptors (Lipinski definition) is 6. The molecule has 0 saturated heterocycles. The van der Waals surface area contributed by atoms with Crippen molar-refractivity contribution in [3.8, 4) is 17.2 Å². The van der Waals surface area contributed by atoms with E-state index in [0.717, 1.165) is 15.2 Å². The van der Waals surface area contributed by atoms with Gasteiger partial charge in [-0.2, -0.15) is 5.10 Å². The molecule has 38 heavy (non-hydrogen) atoms. The number of benzene rings is 4. The van der Waals surface area contributed by atoms with Crippen molar-refractivity contribution in [1.82, 2.24) is 5.43 Å². The fourth-order valence-electron chi connectivity index (χ4n) is 3.62. The van der Waals surface area contributed by atoms with Crippen LogP contribution < -0.4 is 19.6 Å². The van der Waals surface area contributed by atoms with Crippen LogP contribution in [0.3, 0.4) is 0 Å². The van der Waals surface area contributed by atoms with Gasteiger partial charge in [0.1, 0.15) is 5.75 Å². The number of esters is 1. The van der Waals surface area contributed by atoms with Crippen LogP contribution in [0.2, 0.25) is 5.02 Å². The average molecular weight is 596 g/mol. The first-order valence-electron chi connectivity index (χ1n) is 11.7. The van der Waals surface area contributed by atoms with Crippen molar-refractivity contribution in [3.63, 3.8) is 0 Å². The van der Waals surface area contributed by atoms with Gasteiger partial charge in [-0.25, -0.2) is 10.2 Å². The Balaban J connectivity index is 1.39. The monoisotopic (exact) mass is 594 g/mol. The third-order valence-electron chi connectivity index (χ3n) is 5.62. The van der Waals surface area contributed by atoms with E-state index in [4.69, 9.17) is 25.8 Å². The van der Waals surface area contributed by atoms with E-state index in [-0.39, 0.29) is 11.7 Å². The number of carbonyl (C=O) groups is 2. The number of fused-ring (bicyclic) bond motifs is 1. The van der Waals surface area contributed by atoms with E-state index in [9.17, 15) is 9.59 Å². The van der Waals surface area contributed by atoms with Crippen molar-refractivity contribution in [2.75, 3.05) is 7.11 Å². The number of halogens is 2. The summed E-state index contributed by atoms with van der Waals surface area (Å²) in [5, 5.41) is 6.64. The molecule has 0 aliphatic heterocycles. The average Bonchev–Trinajstić information content (AvgIpc) is 2.93. The van der Waals surface area contributed by atoms with Gasteiger partial charge in [0.15, 0.2) is 17.6 Å². The van der Waals surface area contributed by atoms with Crippen LogP contribution in [0.1, 0.15) is 29.3 Å². The van der Waals surface area contributed by atoms with E-state index in [1.54, 1.807) is 42.5 Å². The fraction of sp³-hybridized carbons (Fsp3) is 0.138. The highest BCUT2D eigenvalue weighted by Crippen LogP contribution is 2.34. The van der Waals surface area contributed by atoms with E-state index in [0.29, 0.717) is 34.1 Å². The molecule has 1 N–H and O–H groups in total. The first-order valence-corrected chi connectivity index (χ1v) is 12.9. The largest absolute Gasteiger partial charge is 0.493 e. The highest BCUT2D eigenvalue weighted by Gasteiger charge is 2.20. The third kappa shape index (κ3) is 6.51. The lowest BCUT2D eigenvalue weighted by molar-refractivity contribution is -0.128. The second-order valence-corrected chi connectivity index (χ2v) is 9.38. The van der Waals surface area contributed by atoms with Gasteiger partial charge in [-0.3, -0.25) is 4.79 Å². The van der Waals surface area contributed by atoms with E-state index >= 15 is 0 Å². The highest BCUT2D eigenvalue weighted by molar-refractivity contribution is 9.10. The van der Waals surface area contributed by atoms with E-state index in [2.05, 4.69) is 26.5 Å². The molecular weight excluding hydrogens is 572 g/mol. The molecule has 0 saturated carbocycles. The quantitative estimate of drug-likeness (QED) is 0.0997. The lowest BCUT2D eigenvalue weighted by Crippen LogP contribution is -2.35. The number of amides is 1. The topological polar surface area (TPSA) is 86.2 Å². The van der Waals surface area contributed by atoms with Crippen LogP contribution >= 0.6 is 27.5 Å². The summed E-state index contributed by atoms with van der Waals surface area (Å²) in [7, 11) is 1.46. The Labute approximate surface area is 233 Å². The number of hydrazone groups is 1. The summed E-state index contributed by atoms with van der Waals surface area (Å²) in [6.07, 6.45) is 1.17. The van der Waals surface area contributed by atoms with Crippen LogP contribution in [0.25, 0.3) is 10.8 Å². The van der Waals surface area contributed by atoms with Gasteiger partial charge in [-0.1, -0.05) is 48.9 Å². The summed E-state index contributed by atoms with van der Waals surface area (Å²) >= 11 is 9.46. The molecule has 0 aromatic heterocycles. The van der Waals surface area contributed by atoms with Gasteiger partial charge in [0.05, 0.1) is 23.4 Å². The number of ether oxygens (including phenoxy) is 3. The minimum atomic E-state index is -0.742. The molecule has 0 radical (unpaired) electrons. The van der Waals surface area contributed by atoms with E-state index < -0.39 is 12.1 Å². The van der Waals surface area contributed by atoms with E-state index in [1.165, 1.54) is 13.3 Å². The molecule has 0 fully saturated rings. The molecule has 0 aliphatic rings. The number of nitrogens with zero attached hydrogens (tertiary/aromatic N) is 1. The van der Waals surface area contributed by atoms with Crippen LogP contribution in [0.5, 0.6) is 17.2 Å². The second-order valence-electron chi connectivity index (χ2n) is 8.15. The summed E-state index contributed by atoms with van der Waals surface area (Å²) in [6, 6.07) is 23.0. The number of nitrogens with one attached hydrogen (secondary N) is 1. The number of methoxy groups -OCH3 is 1. The van der Waals surface area contributed by atoms with Gasteiger partial charge in [-0.15, -0.1) is 0 Å². The zero-order valence-corrected chi connectivity index (χ0v) is 23.0. The Morgan fingerprint density at radius 1 is 1.00 bits per heavy atom. The first-order chi connectivity index (χ1) is 18.4. The summed E-state index contributed by atoms with van der Waals surface area (Å²) in [4.78, 5) is 25.2. The Bertz CT molecular complexity index is 1490. The normalized spacial score (nSPS) is 11.8. The molecular formula is C29H24BrClN2O5. The van der Waals surface area contributed by atoms with Gasteiger partial charge < -0.3 is 14.2 Å². The van der Waals surface area contributed by atoms with Gasteiger partial charge >= 0.3 is 5.97 Å². The van der Waals surface area contributed by atoms with Gasteiger partial charge in [0.2, 0.25) is 0 Å². The maximum absolute atomic E-state index is 12.7. The molecule has 4 aromatic carbocycles. The van der Waals surface area contributed by atoms with E-state index in [1.807, 2.05) is 43.3 Å². The van der Waals surface area contributed by atoms with Crippen LogP contribution in [-0.4, -0.2) is 31.3 Å². The maximum Gasteiger partial charge on any atom is 0.343 e. The van der Waals surface area contributed by atoms with Crippen LogP contribution in [0.15, 0.2) is 88.4 Å². The second kappa shape index (κ2) is 12.6. The van der Waals surface area contributed by atoms with Crippen molar-refractivity contribution in [3.05, 3.63) is 99.5 Å². The Kier molecular flexibility index (Phi) is 8.99. The highest BCUT2D eigenvalue weighted by atomic mass is 79.9. The minimum Gasteiger partial charge on any atom is -0.493 e. The van der Waals surface area contributed by atoms with Crippen LogP contribution in [0.4, 0.5) is 0 Å². The minimum absolute atomic E-state index is 0.244. The molecule has 0 unspecified atom stereocenters. The third-order valence-corrected chi connectivity index (χ3v) is 6.69. The summed E-state index contributed by atoms with van der Waals surface area (Å²) in [5.74, 6) is 0.220.